The van der Waals surface area contributed by atoms with Crippen LogP contribution in [0.3, 0.4) is 0 Å². The van der Waals surface area contributed by atoms with Crippen LogP contribution in [0.4, 0.5) is 0 Å². The molecule has 1 aliphatic heterocycles. The summed E-state index contributed by atoms with van der Waals surface area (Å²) in [5.74, 6) is -0.121. The minimum atomic E-state index is -0.806. The van der Waals surface area contributed by atoms with Crippen molar-refractivity contribution >= 4 is 5.91 Å². The highest BCUT2D eigenvalue weighted by Crippen LogP contribution is 2.20. The number of amides is 1. The second kappa shape index (κ2) is 4.72. The van der Waals surface area contributed by atoms with Crippen LogP contribution in [-0.4, -0.2) is 42.7 Å². The van der Waals surface area contributed by atoms with Crippen molar-refractivity contribution in [2.75, 3.05) is 7.11 Å². The van der Waals surface area contributed by atoms with Gasteiger partial charge in [-0.2, -0.15) is 0 Å². The number of rotatable bonds is 2. The molecule has 0 spiro atoms. The van der Waals surface area contributed by atoms with Crippen molar-refractivity contribution in [2.24, 2.45) is 0 Å². The number of hydrogen-bond donors (Lipinski definition) is 2. The average Bonchev–Trinajstić information content (AvgIpc) is 2.08. The van der Waals surface area contributed by atoms with Gasteiger partial charge in [0.25, 0.3) is 0 Å². The predicted molar refractivity (Wildman–Crippen MR) is 49.6 cm³/mol. The maximum absolute atomic E-state index is 10.9. The third-order valence-electron chi connectivity index (χ3n) is 2.38. The molecule has 5 nitrogen and oxygen atoms in total. The first kappa shape index (κ1) is 11.4. The Hall–Kier alpha value is -0.650. The molecule has 82 valence electrons. The van der Waals surface area contributed by atoms with Gasteiger partial charge in [-0.1, -0.05) is 0 Å². The van der Waals surface area contributed by atoms with Crippen molar-refractivity contribution in [2.45, 2.75) is 44.8 Å². The van der Waals surface area contributed by atoms with Crippen molar-refractivity contribution in [3.05, 3.63) is 0 Å². The Labute approximate surface area is 83.4 Å². The normalized spacial score (nSPS) is 38.0. The van der Waals surface area contributed by atoms with Crippen LogP contribution in [0, 0.1) is 0 Å². The first-order valence-corrected chi connectivity index (χ1v) is 4.68. The predicted octanol–water partition coefficient (Wildman–Crippen LogP) is -0.367. The molecule has 1 saturated heterocycles. The first-order valence-electron chi connectivity index (χ1n) is 4.68. The quantitative estimate of drug-likeness (QED) is 0.642. The summed E-state index contributed by atoms with van der Waals surface area (Å²) in [7, 11) is 1.56. The lowest BCUT2D eigenvalue weighted by molar-refractivity contribution is -0.201. The molecule has 0 bridgehead atoms. The Kier molecular flexibility index (Phi) is 3.86. The fraction of sp³-hybridized carbons (Fsp3) is 0.889. The van der Waals surface area contributed by atoms with Crippen molar-refractivity contribution in [3.8, 4) is 0 Å². The number of hydrogen-bond acceptors (Lipinski definition) is 4. The summed E-state index contributed by atoms with van der Waals surface area (Å²) in [6.45, 7) is 3.25. The fourth-order valence-corrected chi connectivity index (χ4v) is 1.72. The van der Waals surface area contributed by atoms with Crippen LogP contribution in [-0.2, 0) is 14.3 Å². The zero-order valence-corrected chi connectivity index (χ0v) is 8.69. The van der Waals surface area contributed by atoms with E-state index in [1.807, 2.05) is 0 Å². The molecule has 1 aliphatic rings. The number of carbonyl (C=O) groups is 1. The molecule has 0 saturated carbocycles. The summed E-state index contributed by atoms with van der Waals surface area (Å²) in [5, 5.41) is 12.1. The first-order chi connectivity index (χ1) is 6.54. The largest absolute Gasteiger partial charge is 0.379 e. The molecule has 1 amide bonds. The molecule has 0 aliphatic carbocycles. The lowest BCUT2D eigenvalue weighted by Crippen LogP contribution is -2.56. The molecule has 14 heavy (non-hydrogen) atoms. The van der Waals surface area contributed by atoms with E-state index in [4.69, 9.17) is 9.47 Å². The Morgan fingerprint density at radius 3 is 2.79 bits per heavy atom. The molecule has 1 rings (SSSR count). The fourth-order valence-electron chi connectivity index (χ4n) is 1.72. The van der Waals surface area contributed by atoms with Crippen molar-refractivity contribution in [1.29, 1.82) is 0 Å². The highest BCUT2D eigenvalue weighted by Gasteiger charge is 2.36. The van der Waals surface area contributed by atoms with Gasteiger partial charge in [0.1, 0.15) is 0 Å². The van der Waals surface area contributed by atoms with Crippen molar-refractivity contribution in [1.82, 2.24) is 5.32 Å². The van der Waals surface area contributed by atoms with Crippen LogP contribution in [0.2, 0.25) is 0 Å². The lowest BCUT2D eigenvalue weighted by atomic mass is 9.99. The number of carbonyl (C=O) groups excluding carboxylic acids is 1. The molecule has 0 radical (unpaired) electrons. The van der Waals surface area contributed by atoms with Gasteiger partial charge in [0.2, 0.25) is 5.91 Å². The molecule has 5 heteroatoms. The highest BCUT2D eigenvalue weighted by atomic mass is 16.6. The second-order valence-electron chi connectivity index (χ2n) is 3.53. The number of aliphatic hydroxyl groups excluding tert-OH is 1. The molecule has 2 N–H and O–H groups in total. The van der Waals surface area contributed by atoms with Gasteiger partial charge in [0.15, 0.2) is 6.29 Å². The van der Waals surface area contributed by atoms with Gasteiger partial charge in [0.05, 0.1) is 18.2 Å². The van der Waals surface area contributed by atoms with E-state index in [0.29, 0.717) is 6.42 Å². The maximum Gasteiger partial charge on any atom is 0.217 e. The van der Waals surface area contributed by atoms with Gasteiger partial charge in [-0.3, -0.25) is 4.79 Å². The Morgan fingerprint density at radius 2 is 2.29 bits per heavy atom. The van der Waals surface area contributed by atoms with E-state index in [0.717, 1.165) is 0 Å². The molecule has 0 aromatic carbocycles. The zero-order chi connectivity index (χ0) is 10.7. The summed E-state index contributed by atoms with van der Waals surface area (Å²) in [4.78, 5) is 10.9. The molecule has 1 heterocycles. The van der Waals surface area contributed by atoms with Crippen LogP contribution in [0.5, 0.6) is 0 Å². The minimum Gasteiger partial charge on any atom is -0.379 e. The van der Waals surface area contributed by atoms with Crippen LogP contribution in [0.15, 0.2) is 0 Å². The second-order valence-corrected chi connectivity index (χ2v) is 3.53. The molecule has 0 aromatic rings. The molecular weight excluding hydrogens is 186 g/mol. The van der Waals surface area contributed by atoms with Crippen LogP contribution in [0.1, 0.15) is 20.3 Å². The summed E-state index contributed by atoms with van der Waals surface area (Å²) >= 11 is 0. The summed E-state index contributed by atoms with van der Waals surface area (Å²) in [6.07, 6.45) is -0.864. The lowest BCUT2D eigenvalue weighted by Gasteiger charge is -2.38. The van der Waals surface area contributed by atoms with E-state index in [2.05, 4.69) is 5.32 Å². The Balaban J connectivity index is 2.63. The average molecular weight is 203 g/mol. The summed E-state index contributed by atoms with van der Waals surface area (Å²) in [5.41, 5.74) is 0. The number of ether oxygens (including phenoxy) is 2. The maximum atomic E-state index is 10.9. The highest BCUT2D eigenvalue weighted by molar-refractivity contribution is 5.73. The van der Waals surface area contributed by atoms with E-state index in [9.17, 15) is 9.90 Å². The summed E-state index contributed by atoms with van der Waals surface area (Å²) in [6, 6.07) is -0.194. The molecular formula is C9H17NO4. The van der Waals surface area contributed by atoms with E-state index in [1.54, 1.807) is 14.0 Å². The standard InChI is InChI=1S/C9H17NO4/c1-5-9(10-6(2)11)7(13-3)4-8(12)14-5/h5,7-9,12H,4H2,1-3H3,(H,10,11)/t5-,7+,8+,9-/m1/s1. The minimum absolute atomic E-state index is 0.121. The molecule has 0 aromatic heterocycles. The van der Waals surface area contributed by atoms with E-state index in [-0.39, 0.29) is 24.2 Å². The van der Waals surface area contributed by atoms with Gasteiger partial charge in [-0.05, 0) is 6.92 Å². The third-order valence-corrected chi connectivity index (χ3v) is 2.38. The van der Waals surface area contributed by atoms with Gasteiger partial charge >= 0.3 is 0 Å². The number of methoxy groups -OCH3 is 1. The summed E-state index contributed by atoms with van der Waals surface area (Å²) < 4.78 is 10.4. The SMILES string of the molecule is CO[C@H]1C[C@@H](O)O[C@H](C)[C@H]1NC(C)=O. The van der Waals surface area contributed by atoms with Gasteiger partial charge in [0, 0.05) is 20.5 Å². The molecule has 4 atom stereocenters. The van der Waals surface area contributed by atoms with Crippen molar-refractivity contribution in [3.63, 3.8) is 0 Å². The van der Waals surface area contributed by atoms with Crippen LogP contribution in [0.25, 0.3) is 0 Å². The molecule has 1 fully saturated rings. The Morgan fingerprint density at radius 1 is 1.64 bits per heavy atom. The van der Waals surface area contributed by atoms with Gasteiger partial charge in [-0.25, -0.2) is 0 Å². The zero-order valence-electron chi connectivity index (χ0n) is 8.69. The third kappa shape index (κ3) is 2.67. The molecule has 0 unspecified atom stereocenters. The van der Waals surface area contributed by atoms with E-state index >= 15 is 0 Å². The topological polar surface area (TPSA) is 67.8 Å². The van der Waals surface area contributed by atoms with Gasteiger partial charge in [-0.15, -0.1) is 0 Å². The smallest absolute Gasteiger partial charge is 0.217 e. The van der Waals surface area contributed by atoms with Gasteiger partial charge < -0.3 is 19.9 Å². The van der Waals surface area contributed by atoms with Crippen LogP contribution >= 0.6 is 0 Å². The Bertz CT molecular complexity index is 209. The number of aliphatic hydroxyl groups is 1. The van der Waals surface area contributed by atoms with Crippen LogP contribution < -0.4 is 5.32 Å². The monoisotopic (exact) mass is 203 g/mol. The number of nitrogens with one attached hydrogen (secondary N) is 1. The van der Waals surface area contributed by atoms with Crippen molar-refractivity contribution < 1.29 is 19.4 Å². The van der Waals surface area contributed by atoms with E-state index < -0.39 is 6.29 Å². The van der Waals surface area contributed by atoms with E-state index in [1.165, 1.54) is 6.92 Å².